The molecule has 1 N–H and O–H groups in total. The third kappa shape index (κ3) is 4.81. The van der Waals surface area contributed by atoms with Gasteiger partial charge in [-0.25, -0.2) is 0 Å². The third-order valence-corrected chi connectivity index (χ3v) is 7.47. The summed E-state index contributed by atoms with van der Waals surface area (Å²) in [7, 11) is 0. The van der Waals surface area contributed by atoms with Crippen LogP contribution in [0, 0.1) is 20.2 Å². The van der Waals surface area contributed by atoms with Crippen molar-refractivity contribution in [1.29, 1.82) is 0 Å². The molecule has 0 spiro atoms. The molecule has 0 saturated heterocycles. The summed E-state index contributed by atoms with van der Waals surface area (Å²) in [5, 5.41) is 32.8. The van der Waals surface area contributed by atoms with E-state index in [4.69, 9.17) is 16.3 Å². The largest absolute Gasteiger partial charge is 0.480 e. The van der Waals surface area contributed by atoms with Gasteiger partial charge in [-0.3, -0.25) is 34.6 Å². The molecular weight excluding hydrogens is 546 g/mol. The zero-order valence-electron chi connectivity index (χ0n) is 20.9. The highest BCUT2D eigenvalue weighted by molar-refractivity contribution is 6.30. The Bertz CT molecular complexity index is 1520. The Morgan fingerprint density at radius 3 is 2.08 bits per heavy atom. The number of carboxylic acid groups (broad SMARTS) is 1. The van der Waals surface area contributed by atoms with Gasteiger partial charge in [-0.05, 0) is 49.9 Å². The number of hydrogen-bond acceptors (Lipinski definition) is 9. The minimum absolute atomic E-state index is 0.0634. The van der Waals surface area contributed by atoms with Crippen LogP contribution in [-0.2, 0) is 14.4 Å². The van der Waals surface area contributed by atoms with E-state index in [1.54, 1.807) is 4.90 Å². The van der Waals surface area contributed by atoms with Gasteiger partial charge < -0.3 is 14.7 Å². The fourth-order valence-corrected chi connectivity index (χ4v) is 5.84. The molecule has 2 aromatic rings. The van der Waals surface area contributed by atoms with E-state index >= 15 is 0 Å². The number of non-ortho nitro benzene ring substituents is 1. The number of nitrogens with zero attached hydrogens (tertiary/aromatic N) is 3. The van der Waals surface area contributed by atoms with E-state index in [9.17, 15) is 39.7 Å². The smallest absolute Gasteiger partial charge is 0.323 e. The Morgan fingerprint density at radius 2 is 1.52 bits per heavy atom. The molecule has 0 radical (unpaired) electrons. The minimum atomic E-state index is -1.11. The number of hydrogen-bond donors (Lipinski definition) is 1. The van der Waals surface area contributed by atoms with Crippen LogP contribution in [-0.4, -0.2) is 43.9 Å². The number of benzene rings is 2. The van der Waals surface area contributed by atoms with Gasteiger partial charge >= 0.3 is 11.7 Å². The summed E-state index contributed by atoms with van der Waals surface area (Å²) in [6, 6.07) is 7.41. The van der Waals surface area contributed by atoms with Crippen LogP contribution in [0.2, 0.25) is 5.02 Å². The van der Waals surface area contributed by atoms with Gasteiger partial charge in [0.1, 0.15) is 12.3 Å². The third-order valence-electron chi connectivity index (χ3n) is 7.23. The van der Waals surface area contributed by atoms with Crippen molar-refractivity contribution in [2.45, 2.75) is 44.4 Å². The second-order valence-electron chi connectivity index (χ2n) is 9.64. The maximum absolute atomic E-state index is 13.4. The average Bonchev–Trinajstić information content (AvgIpc) is 2.90. The number of ether oxygens (including phenoxy) is 1. The van der Waals surface area contributed by atoms with Crippen LogP contribution in [0.3, 0.4) is 0 Å². The van der Waals surface area contributed by atoms with Gasteiger partial charge in [0, 0.05) is 58.0 Å². The molecule has 12 nitrogen and oxygen atoms in total. The van der Waals surface area contributed by atoms with Gasteiger partial charge in [-0.15, -0.1) is 0 Å². The monoisotopic (exact) mass is 567 g/mol. The highest BCUT2D eigenvalue weighted by Crippen LogP contribution is 2.52. The lowest BCUT2D eigenvalue weighted by atomic mass is 9.70. The van der Waals surface area contributed by atoms with E-state index in [0.717, 1.165) is 18.2 Å². The van der Waals surface area contributed by atoms with Gasteiger partial charge in [0.05, 0.1) is 15.9 Å². The van der Waals surface area contributed by atoms with Crippen molar-refractivity contribution in [1.82, 2.24) is 4.90 Å². The molecule has 0 fully saturated rings. The minimum Gasteiger partial charge on any atom is -0.480 e. The zero-order valence-corrected chi connectivity index (χ0v) is 21.7. The molecule has 0 aromatic heterocycles. The number of halogens is 1. The first-order valence-corrected chi connectivity index (χ1v) is 12.9. The lowest BCUT2D eigenvalue weighted by molar-refractivity contribution is -0.394. The van der Waals surface area contributed by atoms with Gasteiger partial charge in [-0.1, -0.05) is 11.6 Å². The molecule has 1 aliphatic heterocycles. The second kappa shape index (κ2) is 10.5. The number of nitro groups is 2. The molecular formula is C27H22ClN3O9. The molecule has 40 heavy (non-hydrogen) atoms. The summed E-state index contributed by atoms with van der Waals surface area (Å²) in [6.07, 6.45) is 2.31. The topological polar surface area (TPSA) is 170 Å². The number of nitro benzene ring substituents is 2. The SMILES string of the molecule is O=C(O)CN1C2=C(C(=O)CCC2)C(c2cc(Cl)ccc2Oc2ccc([N+](=O)[O-])cc2[N+](=O)[O-])C2=C1CCCC2=O. The molecule has 13 heteroatoms. The molecule has 0 amide bonds. The molecule has 2 aliphatic carbocycles. The van der Waals surface area contributed by atoms with E-state index in [-0.39, 0.29) is 52.1 Å². The quantitative estimate of drug-likeness (QED) is 0.335. The Balaban J connectivity index is 1.72. The average molecular weight is 568 g/mol. The van der Waals surface area contributed by atoms with Gasteiger partial charge in [0.15, 0.2) is 11.6 Å². The maximum Gasteiger partial charge on any atom is 0.323 e. The number of carbonyl (C=O) groups excluding carboxylic acids is 2. The summed E-state index contributed by atoms with van der Waals surface area (Å²) in [4.78, 5) is 61.6. The number of aliphatic carboxylic acids is 1. The number of allylic oxidation sites excluding steroid dienone is 4. The molecule has 1 heterocycles. The predicted octanol–water partition coefficient (Wildman–Crippen LogP) is 5.45. The van der Waals surface area contributed by atoms with E-state index in [2.05, 4.69) is 0 Å². The van der Waals surface area contributed by atoms with Crippen molar-refractivity contribution in [3.05, 3.63) is 89.8 Å². The summed E-state index contributed by atoms with van der Waals surface area (Å²) < 4.78 is 5.97. The molecule has 3 aliphatic rings. The van der Waals surface area contributed by atoms with Crippen LogP contribution in [0.4, 0.5) is 11.4 Å². The predicted molar refractivity (Wildman–Crippen MR) is 140 cm³/mol. The first kappa shape index (κ1) is 27.0. The number of rotatable bonds is 7. The van der Waals surface area contributed by atoms with Crippen LogP contribution < -0.4 is 4.74 Å². The highest BCUT2D eigenvalue weighted by Gasteiger charge is 2.44. The highest BCUT2D eigenvalue weighted by atomic mass is 35.5. The zero-order chi connectivity index (χ0) is 28.7. The number of carboxylic acids is 1. The van der Waals surface area contributed by atoms with Gasteiger partial charge in [0.25, 0.3) is 5.69 Å². The van der Waals surface area contributed by atoms with Crippen molar-refractivity contribution in [2.75, 3.05) is 6.54 Å². The second-order valence-corrected chi connectivity index (χ2v) is 10.1. The number of carbonyl (C=O) groups is 3. The fraction of sp³-hybridized carbons (Fsp3) is 0.296. The van der Waals surface area contributed by atoms with Crippen molar-refractivity contribution in [2.24, 2.45) is 0 Å². The Labute approximate surface area is 231 Å². The van der Waals surface area contributed by atoms with Crippen LogP contribution in [0.1, 0.15) is 50.0 Å². The van der Waals surface area contributed by atoms with E-state index in [1.165, 1.54) is 18.2 Å². The van der Waals surface area contributed by atoms with E-state index in [1.807, 2.05) is 0 Å². The van der Waals surface area contributed by atoms with Gasteiger partial charge in [-0.2, -0.15) is 0 Å². The Hall–Kier alpha value is -4.58. The molecule has 0 bridgehead atoms. The first-order chi connectivity index (χ1) is 19.1. The molecule has 0 atom stereocenters. The van der Waals surface area contributed by atoms with Crippen molar-refractivity contribution in [3.8, 4) is 11.5 Å². The maximum atomic E-state index is 13.4. The number of Topliss-reactive ketones (excluding diaryl/α,β-unsaturated/α-hetero) is 2. The van der Waals surface area contributed by atoms with Crippen LogP contribution in [0.15, 0.2) is 58.9 Å². The summed E-state index contributed by atoms with van der Waals surface area (Å²) >= 11 is 6.37. The van der Waals surface area contributed by atoms with Crippen LogP contribution in [0.25, 0.3) is 0 Å². The molecule has 2 aromatic carbocycles. The number of ketones is 2. The standard InChI is InChI=1S/C27H22ClN3O9/c28-14-7-9-22(40-23-10-8-15(30(36)37)12-19(23)31(38)39)16(11-14)25-26-17(3-1-5-20(26)32)29(13-24(34)35)18-4-2-6-21(33)27(18)25/h7-12,25H,1-6,13H2,(H,34,35). The lowest BCUT2D eigenvalue weighted by Crippen LogP contribution is -2.41. The van der Waals surface area contributed by atoms with E-state index in [0.29, 0.717) is 42.6 Å². The Morgan fingerprint density at radius 1 is 0.925 bits per heavy atom. The molecule has 0 unspecified atom stereocenters. The fourth-order valence-electron chi connectivity index (χ4n) is 5.66. The molecule has 206 valence electrons. The molecule has 0 saturated carbocycles. The Kier molecular flexibility index (Phi) is 7.11. The van der Waals surface area contributed by atoms with Gasteiger partial charge in [0.2, 0.25) is 5.75 Å². The van der Waals surface area contributed by atoms with Crippen molar-refractivity contribution >= 4 is 40.5 Å². The van der Waals surface area contributed by atoms with Crippen molar-refractivity contribution < 1.29 is 34.1 Å². The van der Waals surface area contributed by atoms with Crippen LogP contribution in [0.5, 0.6) is 11.5 Å². The normalized spacial score (nSPS) is 17.5. The summed E-state index contributed by atoms with van der Waals surface area (Å²) in [5.74, 6) is -2.73. The van der Waals surface area contributed by atoms with Crippen molar-refractivity contribution in [3.63, 3.8) is 0 Å². The summed E-state index contributed by atoms with van der Waals surface area (Å²) in [6.45, 7) is -0.404. The summed E-state index contributed by atoms with van der Waals surface area (Å²) in [5.41, 5.74) is 0.799. The van der Waals surface area contributed by atoms with E-state index < -0.39 is 39.7 Å². The van der Waals surface area contributed by atoms with Crippen LogP contribution >= 0.6 is 11.6 Å². The molecule has 5 rings (SSSR count). The first-order valence-electron chi connectivity index (χ1n) is 12.5. The lowest BCUT2D eigenvalue weighted by Gasteiger charge is -2.43.